The van der Waals surface area contributed by atoms with E-state index in [1.807, 2.05) is 36.4 Å². The molecule has 2 rings (SSSR count). The van der Waals surface area contributed by atoms with Gasteiger partial charge in [0.1, 0.15) is 5.75 Å². The minimum atomic E-state index is 0.392. The van der Waals surface area contributed by atoms with Crippen LogP contribution in [0.15, 0.2) is 42.5 Å². The average molecular weight is 262 g/mol. The van der Waals surface area contributed by atoms with Crippen LogP contribution in [0, 0.1) is 0 Å². The minimum absolute atomic E-state index is 0.392. The van der Waals surface area contributed by atoms with Gasteiger partial charge in [-0.25, -0.2) is 4.98 Å². The number of para-hydroxylation sites is 1. The molecule has 1 aromatic carbocycles. The molecule has 0 fully saturated rings. The number of ether oxygens (including phenoxy) is 1. The molecule has 0 radical (unpaired) electrons. The Labute approximate surface area is 113 Å². The number of rotatable bonds is 4. The summed E-state index contributed by atoms with van der Waals surface area (Å²) in [7, 11) is 0. The Morgan fingerprint density at radius 2 is 1.89 bits per heavy atom. The largest absolute Gasteiger partial charge is 0.439 e. The maximum Gasteiger partial charge on any atom is 0.219 e. The van der Waals surface area contributed by atoms with E-state index in [2.05, 4.69) is 24.9 Å². The lowest BCUT2D eigenvalue weighted by atomic mass is 10.0. The molecule has 0 amide bonds. The molecule has 0 bridgehead atoms. The van der Waals surface area contributed by atoms with Crippen LogP contribution in [-0.4, -0.2) is 4.98 Å². The molecule has 0 aliphatic heterocycles. The second-order valence-electron chi connectivity index (χ2n) is 4.40. The molecule has 0 atom stereocenters. The van der Waals surface area contributed by atoms with Gasteiger partial charge < -0.3 is 4.74 Å². The van der Waals surface area contributed by atoms with Crippen LogP contribution in [0.1, 0.15) is 31.0 Å². The van der Waals surface area contributed by atoms with Crippen molar-refractivity contribution in [2.45, 2.75) is 25.6 Å². The van der Waals surface area contributed by atoms with Crippen molar-refractivity contribution >= 4 is 11.6 Å². The summed E-state index contributed by atoms with van der Waals surface area (Å²) in [6.45, 7) is 4.29. The van der Waals surface area contributed by atoms with Crippen molar-refractivity contribution in [2.75, 3.05) is 0 Å². The summed E-state index contributed by atoms with van der Waals surface area (Å²) in [4.78, 5) is 4.33. The highest BCUT2D eigenvalue weighted by Gasteiger charge is 2.08. The first kappa shape index (κ1) is 12.9. The molecule has 1 aromatic heterocycles. The number of aromatic nitrogens is 1. The third-order valence-electron chi connectivity index (χ3n) is 2.67. The maximum absolute atomic E-state index is 5.84. The quantitative estimate of drug-likeness (QED) is 0.742. The van der Waals surface area contributed by atoms with Gasteiger partial charge in [0.2, 0.25) is 5.88 Å². The summed E-state index contributed by atoms with van der Waals surface area (Å²) in [6.07, 6.45) is 0. The molecule has 0 spiro atoms. The molecular weight excluding hydrogens is 246 g/mol. The molecule has 0 saturated heterocycles. The Kier molecular flexibility index (Phi) is 4.21. The monoisotopic (exact) mass is 261 g/mol. The van der Waals surface area contributed by atoms with Crippen LogP contribution in [0.3, 0.4) is 0 Å². The maximum atomic E-state index is 5.84. The fraction of sp³-hybridized carbons (Fsp3) is 0.267. The van der Waals surface area contributed by atoms with Crippen LogP contribution >= 0.6 is 11.6 Å². The predicted molar refractivity (Wildman–Crippen MR) is 74.4 cm³/mol. The average Bonchev–Trinajstić information content (AvgIpc) is 2.39. The third-order valence-corrected chi connectivity index (χ3v) is 2.95. The first-order chi connectivity index (χ1) is 8.70. The number of benzene rings is 1. The molecule has 2 aromatic rings. The van der Waals surface area contributed by atoms with E-state index in [9.17, 15) is 0 Å². The van der Waals surface area contributed by atoms with Gasteiger partial charge in [-0.1, -0.05) is 38.1 Å². The molecule has 3 heteroatoms. The Bertz CT molecular complexity index is 525. The van der Waals surface area contributed by atoms with E-state index < -0.39 is 0 Å². The second-order valence-corrected chi connectivity index (χ2v) is 4.66. The number of pyridine rings is 1. The normalized spacial score (nSPS) is 10.7. The van der Waals surface area contributed by atoms with Gasteiger partial charge in [-0.05, 0) is 23.6 Å². The fourth-order valence-corrected chi connectivity index (χ4v) is 1.90. The van der Waals surface area contributed by atoms with E-state index >= 15 is 0 Å². The van der Waals surface area contributed by atoms with E-state index in [4.69, 9.17) is 16.3 Å². The first-order valence-electron chi connectivity index (χ1n) is 5.99. The molecule has 94 valence electrons. The highest BCUT2D eigenvalue weighted by Crippen LogP contribution is 2.29. The zero-order chi connectivity index (χ0) is 13.0. The zero-order valence-electron chi connectivity index (χ0n) is 10.6. The van der Waals surface area contributed by atoms with E-state index in [-0.39, 0.29) is 0 Å². The van der Waals surface area contributed by atoms with Crippen LogP contribution in [0.25, 0.3) is 0 Å². The van der Waals surface area contributed by atoms with Gasteiger partial charge >= 0.3 is 0 Å². The van der Waals surface area contributed by atoms with Gasteiger partial charge in [0.05, 0.1) is 11.6 Å². The first-order valence-corrected chi connectivity index (χ1v) is 6.53. The van der Waals surface area contributed by atoms with Gasteiger partial charge in [-0.3, -0.25) is 0 Å². The van der Waals surface area contributed by atoms with Crippen LogP contribution in [0.5, 0.6) is 11.6 Å². The molecule has 0 aliphatic rings. The summed E-state index contributed by atoms with van der Waals surface area (Å²) in [5.74, 6) is 2.24. The van der Waals surface area contributed by atoms with Crippen LogP contribution in [-0.2, 0) is 5.88 Å². The lowest BCUT2D eigenvalue weighted by Crippen LogP contribution is -1.96. The smallest absolute Gasteiger partial charge is 0.219 e. The summed E-state index contributed by atoms with van der Waals surface area (Å²) < 4.78 is 5.84. The van der Waals surface area contributed by atoms with Crippen molar-refractivity contribution in [2.24, 2.45) is 0 Å². The van der Waals surface area contributed by atoms with Crippen molar-refractivity contribution in [3.05, 3.63) is 53.7 Å². The van der Waals surface area contributed by atoms with E-state index in [1.54, 1.807) is 0 Å². The lowest BCUT2D eigenvalue weighted by Gasteiger charge is -2.13. The van der Waals surface area contributed by atoms with Crippen molar-refractivity contribution < 1.29 is 4.74 Å². The van der Waals surface area contributed by atoms with E-state index in [0.717, 1.165) is 11.4 Å². The Morgan fingerprint density at radius 1 is 1.11 bits per heavy atom. The molecule has 0 aliphatic carbocycles. The number of nitrogens with zero attached hydrogens (tertiary/aromatic N) is 1. The fourth-order valence-electron chi connectivity index (χ4n) is 1.75. The highest BCUT2D eigenvalue weighted by molar-refractivity contribution is 6.16. The highest BCUT2D eigenvalue weighted by atomic mass is 35.5. The topological polar surface area (TPSA) is 22.1 Å². The molecule has 0 unspecified atom stereocenters. The Balaban J connectivity index is 2.28. The van der Waals surface area contributed by atoms with E-state index in [0.29, 0.717) is 17.7 Å². The van der Waals surface area contributed by atoms with Gasteiger partial charge in [0.15, 0.2) is 0 Å². The predicted octanol–water partition coefficient (Wildman–Crippen LogP) is 4.74. The van der Waals surface area contributed by atoms with Crippen molar-refractivity contribution in [3.63, 3.8) is 0 Å². The lowest BCUT2D eigenvalue weighted by molar-refractivity contribution is 0.453. The van der Waals surface area contributed by atoms with Gasteiger partial charge in [-0.2, -0.15) is 0 Å². The van der Waals surface area contributed by atoms with Gasteiger partial charge in [-0.15, -0.1) is 11.6 Å². The van der Waals surface area contributed by atoms with Crippen molar-refractivity contribution in [3.8, 4) is 11.6 Å². The number of alkyl halides is 1. The molecule has 18 heavy (non-hydrogen) atoms. The molecule has 0 N–H and O–H groups in total. The number of hydrogen-bond donors (Lipinski definition) is 0. The van der Waals surface area contributed by atoms with Crippen LogP contribution in [0.4, 0.5) is 0 Å². The summed E-state index contributed by atoms with van der Waals surface area (Å²) >= 11 is 5.77. The van der Waals surface area contributed by atoms with Gasteiger partial charge in [0, 0.05) is 6.07 Å². The summed E-state index contributed by atoms with van der Waals surface area (Å²) in [6, 6.07) is 13.6. The molecule has 2 nitrogen and oxygen atoms in total. The Morgan fingerprint density at radius 3 is 2.61 bits per heavy atom. The van der Waals surface area contributed by atoms with E-state index in [1.165, 1.54) is 5.56 Å². The summed E-state index contributed by atoms with van der Waals surface area (Å²) in [5.41, 5.74) is 1.99. The SMILES string of the molecule is CC(C)c1ccccc1Oc1cccc(CCl)n1. The Hall–Kier alpha value is -1.54. The van der Waals surface area contributed by atoms with Crippen molar-refractivity contribution in [1.29, 1.82) is 0 Å². The van der Waals surface area contributed by atoms with Crippen molar-refractivity contribution in [1.82, 2.24) is 4.98 Å². The molecule has 1 heterocycles. The standard InChI is InChI=1S/C15H16ClNO/c1-11(2)13-7-3-4-8-14(13)18-15-9-5-6-12(10-16)17-15/h3-9,11H,10H2,1-2H3. The summed E-state index contributed by atoms with van der Waals surface area (Å²) in [5, 5.41) is 0. The minimum Gasteiger partial charge on any atom is -0.439 e. The van der Waals surface area contributed by atoms with Crippen LogP contribution in [0.2, 0.25) is 0 Å². The molecular formula is C15H16ClNO. The van der Waals surface area contributed by atoms with Gasteiger partial charge in [0.25, 0.3) is 0 Å². The van der Waals surface area contributed by atoms with Crippen LogP contribution < -0.4 is 4.74 Å². The third kappa shape index (κ3) is 3.02. The second kappa shape index (κ2) is 5.87. The molecule has 0 saturated carbocycles. The number of halogens is 1. The number of hydrogen-bond acceptors (Lipinski definition) is 2. The zero-order valence-corrected chi connectivity index (χ0v) is 11.3.